The van der Waals surface area contributed by atoms with Crippen molar-refractivity contribution < 1.29 is 24.1 Å². The summed E-state index contributed by atoms with van der Waals surface area (Å²) in [4.78, 5) is 13.3. The lowest BCUT2D eigenvalue weighted by atomic mass is 10.1. The first-order valence-corrected chi connectivity index (χ1v) is 11.1. The fraction of sp³-hybridized carbons (Fsp3) is 0.0690. The van der Waals surface area contributed by atoms with Crippen molar-refractivity contribution in [3.8, 4) is 34.3 Å². The van der Waals surface area contributed by atoms with E-state index in [4.69, 9.17) is 13.9 Å². The highest BCUT2D eigenvalue weighted by Crippen LogP contribution is 2.38. The van der Waals surface area contributed by atoms with Gasteiger partial charge in [-0.2, -0.15) is 0 Å². The highest BCUT2D eigenvalue weighted by Gasteiger charge is 2.21. The summed E-state index contributed by atoms with van der Waals surface area (Å²) in [5.41, 5.74) is 1.97. The fourth-order valence-electron chi connectivity index (χ4n) is 3.77. The zero-order chi connectivity index (χ0) is 24.2. The first kappa shape index (κ1) is 22.1. The van der Waals surface area contributed by atoms with Gasteiger partial charge in [-0.05, 0) is 41.5 Å². The maximum absolute atomic E-state index is 13.3. The summed E-state index contributed by atoms with van der Waals surface area (Å²) in [7, 11) is 0. The molecule has 2 N–H and O–H groups in total. The van der Waals surface area contributed by atoms with E-state index in [-0.39, 0.29) is 40.6 Å². The van der Waals surface area contributed by atoms with E-state index < -0.39 is 5.43 Å². The van der Waals surface area contributed by atoms with Gasteiger partial charge in [-0.3, -0.25) is 4.79 Å². The molecule has 6 nitrogen and oxygen atoms in total. The molecule has 0 unspecified atom stereocenters. The number of fused-ring (bicyclic) bond motifs is 1. The van der Waals surface area contributed by atoms with Crippen molar-refractivity contribution in [1.29, 1.82) is 0 Å². The van der Waals surface area contributed by atoms with Crippen LogP contribution in [0.15, 0.2) is 106 Å². The number of hydrogen-bond donors (Lipinski definition) is 2. The Morgan fingerprint density at radius 2 is 1.34 bits per heavy atom. The van der Waals surface area contributed by atoms with Crippen LogP contribution in [0, 0.1) is 0 Å². The lowest BCUT2D eigenvalue weighted by Crippen LogP contribution is -2.10. The van der Waals surface area contributed by atoms with Gasteiger partial charge in [0.05, 0.1) is 0 Å². The molecule has 4 aromatic carbocycles. The molecule has 0 fully saturated rings. The van der Waals surface area contributed by atoms with E-state index in [0.29, 0.717) is 17.9 Å². The van der Waals surface area contributed by atoms with Gasteiger partial charge in [0, 0.05) is 5.56 Å². The van der Waals surface area contributed by atoms with Crippen molar-refractivity contribution in [1.82, 2.24) is 0 Å². The number of hydrogen-bond acceptors (Lipinski definition) is 6. The minimum atomic E-state index is -0.501. The minimum absolute atomic E-state index is 0.0337. The predicted octanol–water partition coefficient (Wildman–Crippen LogP) is 6.03. The van der Waals surface area contributed by atoms with Crippen molar-refractivity contribution in [2.75, 3.05) is 0 Å². The van der Waals surface area contributed by atoms with Gasteiger partial charge in [0.15, 0.2) is 17.3 Å². The van der Waals surface area contributed by atoms with Gasteiger partial charge in [-0.25, -0.2) is 0 Å². The zero-order valence-electron chi connectivity index (χ0n) is 18.7. The molecule has 5 aromatic rings. The smallest absolute Gasteiger partial charge is 0.239 e. The predicted molar refractivity (Wildman–Crippen MR) is 133 cm³/mol. The molecule has 0 aliphatic carbocycles. The van der Waals surface area contributed by atoms with Crippen LogP contribution in [0.2, 0.25) is 0 Å². The van der Waals surface area contributed by atoms with E-state index in [1.165, 1.54) is 12.1 Å². The van der Waals surface area contributed by atoms with Crippen LogP contribution in [0.5, 0.6) is 23.0 Å². The van der Waals surface area contributed by atoms with Crippen LogP contribution >= 0.6 is 0 Å². The van der Waals surface area contributed by atoms with E-state index in [1.54, 1.807) is 24.3 Å². The minimum Gasteiger partial charge on any atom is -0.507 e. The van der Waals surface area contributed by atoms with E-state index >= 15 is 0 Å². The van der Waals surface area contributed by atoms with Crippen LogP contribution in [-0.4, -0.2) is 10.2 Å². The lowest BCUT2D eigenvalue weighted by Gasteiger charge is -2.14. The van der Waals surface area contributed by atoms with Gasteiger partial charge in [0.25, 0.3) is 0 Å². The molecule has 6 heteroatoms. The number of aromatic hydroxyl groups is 2. The number of phenols is 2. The van der Waals surface area contributed by atoms with Crippen molar-refractivity contribution in [2.24, 2.45) is 0 Å². The molecule has 0 saturated heterocycles. The Labute approximate surface area is 201 Å². The summed E-state index contributed by atoms with van der Waals surface area (Å²) in [6.45, 7) is 0.422. The average Bonchev–Trinajstić information content (AvgIpc) is 2.88. The molecule has 1 heterocycles. The Hall–Kier alpha value is -4.71. The molecular weight excluding hydrogens is 444 g/mol. The monoisotopic (exact) mass is 466 g/mol. The highest BCUT2D eigenvalue weighted by molar-refractivity contribution is 5.87. The molecule has 35 heavy (non-hydrogen) atoms. The van der Waals surface area contributed by atoms with Crippen LogP contribution in [0.4, 0.5) is 0 Å². The van der Waals surface area contributed by atoms with Crippen LogP contribution in [0.1, 0.15) is 11.1 Å². The van der Waals surface area contributed by atoms with Crippen LogP contribution in [0.3, 0.4) is 0 Å². The molecule has 0 saturated carbocycles. The van der Waals surface area contributed by atoms with Crippen LogP contribution in [0.25, 0.3) is 22.3 Å². The standard InChI is InChI=1S/C29H22O6/c30-22-12-7-13-25-26(22)27(32)29(34-18-20-10-5-2-6-11-20)28(35-25)21-14-15-24(23(31)16-21)33-17-19-8-3-1-4-9-19/h1-16,30-31H,17-18H2. The molecule has 5 rings (SSSR count). The molecule has 174 valence electrons. The summed E-state index contributed by atoms with van der Waals surface area (Å²) in [6.07, 6.45) is 0. The Kier molecular flexibility index (Phi) is 6.09. The maximum Gasteiger partial charge on any atom is 0.239 e. The van der Waals surface area contributed by atoms with Crippen molar-refractivity contribution in [2.45, 2.75) is 13.2 Å². The molecule has 0 radical (unpaired) electrons. The number of rotatable bonds is 7. The first-order chi connectivity index (χ1) is 17.1. The molecule has 0 spiro atoms. The van der Waals surface area contributed by atoms with Crippen LogP contribution in [-0.2, 0) is 13.2 Å². The zero-order valence-corrected chi connectivity index (χ0v) is 18.7. The third-order valence-electron chi connectivity index (χ3n) is 5.54. The summed E-state index contributed by atoms with van der Waals surface area (Å²) in [5, 5.41) is 20.9. The average molecular weight is 466 g/mol. The molecule has 0 amide bonds. The van der Waals surface area contributed by atoms with Gasteiger partial charge in [-0.15, -0.1) is 0 Å². The summed E-state index contributed by atoms with van der Waals surface area (Å²) >= 11 is 0. The van der Waals surface area contributed by atoms with Gasteiger partial charge in [0.2, 0.25) is 11.2 Å². The normalized spacial score (nSPS) is 10.9. The van der Waals surface area contributed by atoms with Gasteiger partial charge in [0.1, 0.15) is 29.9 Å². The third-order valence-corrected chi connectivity index (χ3v) is 5.54. The fourth-order valence-corrected chi connectivity index (χ4v) is 3.77. The van der Waals surface area contributed by atoms with Gasteiger partial charge >= 0.3 is 0 Å². The second-order valence-corrected chi connectivity index (χ2v) is 7.97. The van der Waals surface area contributed by atoms with Crippen molar-refractivity contribution in [3.63, 3.8) is 0 Å². The largest absolute Gasteiger partial charge is 0.507 e. The molecule has 0 aliphatic heterocycles. The van der Waals surface area contributed by atoms with E-state index in [2.05, 4.69) is 0 Å². The summed E-state index contributed by atoms with van der Waals surface area (Å²) in [5.74, 6) is 0.0882. The first-order valence-electron chi connectivity index (χ1n) is 11.1. The SMILES string of the molecule is O=c1c(OCc2ccccc2)c(-c2ccc(OCc3ccccc3)c(O)c2)oc2cccc(O)c12. The molecule has 0 bridgehead atoms. The molecule has 0 aliphatic rings. The molecule has 1 aromatic heterocycles. The van der Waals surface area contributed by atoms with Gasteiger partial charge in [-0.1, -0.05) is 66.7 Å². The Balaban J connectivity index is 1.53. The van der Waals surface area contributed by atoms with Crippen molar-refractivity contribution >= 4 is 11.0 Å². The number of benzene rings is 4. The van der Waals surface area contributed by atoms with E-state index in [1.807, 2.05) is 60.7 Å². The molecular formula is C29H22O6. The Morgan fingerprint density at radius 3 is 2.00 bits per heavy atom. The maximum atomic E-state index is 13.3. The Morgan fingerprint density at radius 1 is 0.686 bits per heavy atom. The Bertz CT molecular complexity index is 1520. The summed E-state index contributed by atoms with van der Waals surface area (Å²) < 4.78 is 17.7. The van der Waals surface area contributed by atoms with Crippen molar-refractivity contribution in [3.05, 3.63) is 118 Å². The molecule has 0 atom stereocenters. The highest BCUT2D eigenvalue weighted by atomic mass is 16.5. The second-order valence-electron chi connectivity index (χ2n) is 7.97. The summed E-state index contributed by atoms with van der Waals surface area (Å²) in [6, 6.07) is 28.4. The number of ether oxygens (including phenoxy) is 2. The van der Waals surface area contributed by atoms with E-state index in [0.717, 1.165) is 11.1 Å². The second kappa shape index (κ2) is 9.65. The lowest BCUT2D eigenvalue weighted by molar-refractivity contribution is 0.289. The third kappa shape index (κ3) is 4.68. The topological polar surface area (TPSA) is 89.1 Å². The quantitative estimate of drug-likeness (QED) is 0.304. The van der Waals surface area contributed by atoms with E-state index in [9.17, 15) is 15.0 Å². The number of phenolic OH excluding ortho intramolecular Hbond substituents is 2. The van der Waals surface area contributed by atoms with Crippen LogP contribution < -0.4 is 14.9 Å². The van der Waals surface area contributed by atoms with Gasteiger partial charge < -0.3 is 24.1 Å².